The van der Waals surface area contributed by atoms with Crippen LogP contribution in [-0.2, 0) is 13.0 Å². The van der Waals surface area contributed by atoms with E-state index in [0.717, 1.165) is 17.7 Å². The van der Waals surface area contributed by atoms with Crippen molar-refractivity contribution in [3.63, 3.8) is 0 Å². The van der Waals surface area contributed by atoms with Crippen LogP contribution < -0.4 is 0 Å². The van der Waals surface area contributed by atoms with Gasteiger partial charge in [-0.3, -0.25) is 4.98 Å². The predicted molar refractivity (Wildman–Crippen MR) is 76.5 cm³/mol. The third-order valence-corrected chi connectivity index (χ3v) is 3.36. The quantitative estimate of drug-likeness (QED) is 0.629. The third-order valence-electron chi connectivity index (χ3n) is 3.36. The summed E-state index contributed by atoms with van der Waals surface area (Å²) in [6.07, 6.45) is 13.7. The summed E-state index contributed by atoms with van der Waals surface area (Å²) in [4.78, 5) is 4.35. The number of hydrogen-bond donors (Lipinski definition) is 1. The minimum atomic E-state index is 0.0883. The van der Waals surface area contributed by atoms with Crippen molar-refractivity contribution in [1.29, 1.82) is 0 Å². The molecule has 0 aliphatic heterocycles. The van der Waals surface area contributed by atoms with Crippen LogP contribution in [0.1, 0.15) is 69.5 Å². The minimum Gasteiger partial charge on any atom is -0.392 e. The molecule has 2 nitrogen and oxygen atoms in total. The molecule has 0 saturated heterocycles. The first kappa shape index (κ1) is 15.2. The second kappa shape index (κ2) is 10.1. The van der Waals surface area contributed by atoms with Gasteiger partial charge in [0.15, 0.2) is 0 Å². The van der Waals surface area contributed by atoms with E-state index in [1.807, 2.05) is 12.1 Å². The molecule has 0 fully saturated rings. The summed E-state index contributed by atoms with van der Waals surface area (Å²) in [6, 6.07) is 4.00. The SMILES string of the molecule is CCCCCCCCCCc1ccc(CO)cn1. The lowest BCUT2D eigenvalue weighted by Gasteiger charge is -2.03. The number of unbranched alkanes of at least 4 members (excludes halogenated alkanes) is 7. The van der Waals surface area contributed by atoms with E-state index in [-0.39, 0.29) is 6.61 Å². The Morgan fingerprint density at radius 3 is 2.17 bits per heavy atom. The van der Waals surface area contributed by atoms with Crippen LogP contribution in [0, 0.1) is 0 Å². The molecule has 0 radical (unpaired) electrons. The molecule has 0 aromatic carbocycles. The van der Waals surface area contributed by atoms with Crippen LogP contribution in [0.2, 0.25) is 0 Å². The fourth-order valence-corrected chi connectivity index (χ4v) is 2.14. The van der Waals surface area contributed by atoms with Crippen molar-refractivity contribution >= 4 is 0 Å². The van der Waals surface area contributed by atoms with Crippen molar-refractivity contribution < 1.29 is 5.11 Å². The number of aromatic nitrogens is 1. The van der Waals surface area contributed by atoms with Gasteiger partial charge in [0.25, 0.3) is 0 Å². The molecule has 102 valence electrons. The predicted octanol–water partition coefficient (Wildman–Crippen LogP) is 4.26. The molecule has 1 N–H and O–H groups in total. The maximum atomic E-state index is 8.92. The summed E-state index contributed by atoms with van der Waals surface area (Å²) in [5, 5.41) is 8.92. The molecule has 1 rings (SSSR count). The van der Waals surface area contributed by atoms with Gasteiger partial charge in [0.2, 0.25) is 0 Å². The number of aliphatic hydroxyl groups is 1. The molecule has 0 amide bonds. The van der Waals surface area contributed by atoms with E-state index >= 15 is 0 Å². The number of rotatable bonds is 10. The molecule has 1 aromatic rings. The molecule has 0 unspecified atom stereocenters. The summed E-state index contributed by atoms with van der Waals surface area (Å²) in [5.41, 5.74) is 2.05. The van der Waals surface area contributed by atoms with Gasteiger partial charge in [-0.2, -0.15) is 0 Å². The van der Waals surface area contributed by atoms with Crippen LogP contribution in [0.5, 0.6) is 0 Å². The highest BCUT2D eigenvalue weighted by atomic mass is 16.3. The Morgan fingerprint density at radius 2 is 1.61 bits per heavy atom. The largest absolute Gasteiger partial charge is 0.392 e. The van der Waals surface area contributed by atoms with Crippen LogP contribution in [-0.4, -0.2) is 10.1 Å². The second-order valence-electron chi connectivity index (χ2n) is 5.04. The van der Waals surface area contributed by atoms with Gasteiger partial charge in [-0.05, 0) is 24.5 Å². The van der Waals surface area contributed by atoms with Crippen LogP contribution in [0.15, 0.2) is 18.3 Å². The van der Waals surface area contributed by atoms with Crippen LogP contribution in [0.25, 0.3) is 0 Å². The van der Waals surface area contributed by atoms with E-state index in [9.17, 15) is 0 Å². The lowest BCUT2D eigenvalue weighted by molar-refractivity contribution is 0.281. The van der Waals surface area contributed by atoms with Crippen molar-refractivity contribution in [2.75, 3.05) is 0 Å². The number of nitrogens with zero attached hydrogens (tertiary/aromatic N) is 1. The summed E-state index contributed by atoms with van der Waals surface area (Å²) in [6.45, 7) is 2.35. The molecule has 1 heterocycles. The maximum Gasteiger partial charge on any atom is 0.0696 e. The third kappa shape index (κ3) is 6.75. The first-order valence-electron chi connectivity index (χ1n) is 7.41. The van der Waals surface area contributed by atoms with E-state index in [2.05, 4.69) is 11.9 Å². The van der Waals surface area contributed by atoms with Crippen LogP contribution in [0.4, 0.5) is 0 Å². The van der Waals surface area contributed by atoms with Crippen molar-refractivity contribution in [3.8, 4) is 0 Å². The fraction of sp³-hybridized carbons (Fsp3) is 0.688. The Labute approximate surface area is 111 Å². The van der Waals surface area contributed by atoms with Gasteiger partial charge in [0, 0.05) is 11.9 Å². The van der Waals surface area contributed by atoms with Crippen molar-refractivity contribution in [2.24, 2.45) is 0 Å². The molecular weight excluding hydrogens is 222 g/mol. The molecule has 0 spiro atoms. The fourth-order valence-electron chi connectivity index (χ4n) is 2.14. The molecule has 18 heavy (non-hydrogen) atoms. The van der Waals surface area contributed by atoms with Gasteiger partial charge in [-0.25, -0.2) is 0 Å². The van der Waals surface area contributed by atoms with Gasteiger partial charge in [-0.1, -0.05) is 57.9 Å². The van der Waals surface area contributed by atoms with Gasteiger partial charge < -0.3 is 5.11 Å². The number of aliphatic hydroxyl groups excluding tert-OH is 1. The minimum absolute atomic E-state index is 0.0883. The zero-order valence-corrected chi connectivity index (χ0v) is 11.7. The van der Waals surface area contributed by atoms with E-state index in [1.165, 1.54) is 51.4 Å². The first-order valence-corrected chi connectivity index (χ1v) is 7.41. The van der Waals surface area contributed by atoms with E-state index < -0.39 is 0 Å². The number of hydrogen-bond acceptors (Lipinski definition) is 2. The molecule has 2 heteroatoms. The van der Waals surface area contributed by atoms with E-state index in [0.29, 0.717) is 0 Å². The molecule has 0 atom stereocenters. The number of aryl methyl sites for hydroxylation is 1. The summed E-state index contributed by atoms with van der Waals surface area (Å²) >= 11 is 0. The topological polar surface area (TPSA) is 33.1 Å². The molecular formula is C16H27NO. The van der Waals surface area contributed by atoms with Crippen molar-refractivity contribution in [3.05, 3.63) is 29.6 Å². The smallest absolute Gasteiger partial charge is 0.0696 e. The van der Waals surface area contributed by atoms with Gasteiger partial charge in [0.05, 0.1) is 6.61 Å². The second-order valence-corrected chi connectivity index (χ2v) is 5.04. The highest BCUT2D eigenvalue weighted by molar-refractivity contribution is 5.13. The standard InChI is InChI=1S/C16H27NO/c1-2-3-4-5-6-7-8-9-10-16-12-11-15(14-18)13-17-16/h11-13,18H,2-10,14H2,1H3. The normalized spacial score (nSPS) is 10.8. The lowest BCUT2D eigenvalue weighted by atomic mass is 10.1. The summed E-state index contributed by atoms with van der Waals surface area (Å²) in [7, 11) is 0. The zero-order chi connectivity index (χ0) is 13.1. The molecule has 0 aliphatic rings. The zero-order valence-electron chi connectivity index (χ0n) is 11.7. The number of pyridine rings is 1. The Morgan fingerprint density at radius 1 is 0.944 bits per heavy atom. The van der Waals surface area contributed by atoms with Crippen LogP contribution in [0.3, 0.4) is 0 Å². The summed E-state index contributed by atoms with van der Waals surface area (Å²) in [5.74, 6) is 0. The Hall–Kier alpha value is -0.890. The van der Waals surface area contributed by atoms with E-state index in [4.69, 9.17) is 5.11 Å². The van der Waals surface area contributed by atoms with Crippen LogP contribution >= 0.6 is 0 Å². The lowest BCUT2D eigenvalue weighted by Crippen LogP contribution is -1.92. The van der Waals surface area contributed by atoms with E-state index in [1.54, 1.807) is 6.20 Å². The average Bonchev–Trinajstić information content (AvgIpc) is 2.42. The highest BCUT2D eigenvalue weighted by Gasteiger charge is 1.96. The average molecular weight is 249 g/mol. The Bertz CT molecular complexity index is 294. The van der Waals surface area contributed by atoms with Crippen molar-refractivity contribution in [2.45, 2.75) is 71.3 Å². The Balaban J connectivity index is 2.00. The monoisotopic (exact) mass is 249 g/mol. The highest BCUT2D eigenvalue weighted by Crippen LogP contribution is 2.10. The van der Waals surface area contributed by atoms with Crippen molar-refractivity contribution in [1.82, 2.24) is 4.98 Å². The maximum absolute atomic E-state index is 8.92. The Kier molecular flexibility index (Phi) is 8.49. The van der Waals surface area contributed by atoms with Gasteiger partial charge in [-0.15, -0.1) is 0 Å². The first-order chi connectivity index (χ1) is 8.86. The molecule has 0 saturated carbocycles. The van der Waals surface area contributed by atoms with Gasteiger partial charge >= 0.3 is 0 Å². The molecule has 0 bridgehead atoms. The molecule has 0 aliphatic carbocycles. The summed E-state index contributed by atoms with van der Waals surface area (Å²) < 4.78 is 0. The molecule has 1 aromatic heterocycles. The van der Waals surface area contributed by atoms with Gasteiger partial charge in [0.1, 0.15) is 0 Å².